The Morgan fingerprint density at radius 1 is 1.44 bits per heavy atom. The lowest BCUT2D eigenvalue weighted by Crippen LogP contribution is -2.43. The standard InChI is InChI=1S/C12H15N3O3/c16-11(17)8-15(10-4-5-10)12(18)14-7-9-3-1-2-6-13-9/h1-3,6,10H,4-5,7-8H2,(H,14,18)(H,16,17). The Kier molecular flexibility index (Phi) is 3.76. The van der Waals surface area contributed by atoms with Crippen LogP contribution in [0.3, 0.4) is 0 Å². The predicted octanol–water partition coefficient (Wildman–Crippen LogP) is 0.840. The highest BCUT2D eigenvalue weighted by Crippen LogP contribution is 2.26. The van der Waals surface area contributed by atoms with E-state index in [0.717, 1.165) is 18.5 Å². The second-order valence-electron chi connectivity index (χ2n) is 4.23. The summed E-state index contributed by atoms with van der Waals surface area (Å²) in [5, 5.41) is 11.4. The largest absolute Gasteiger partial charge is 0.480 e. The van der Waals surface area contributed by atoms with E-state index in [1.807, 2.05) is 6.07 Å². The van der Waals surface area contributed by atoms with Gasteiger partial charge in [-0.3, -0.25) is 9.78 Å². The monoisotopic (exact) mass is 249 g/mol. The third-order valence-corrected chi connectivity index (χ3v) is 2.70. The van der Waals surface area contributed by atoms with Crippen molar-refractivity contribution < 1.29 is 14.7 Å². The van der Waals surface area contributed by atoms with Crippen LogP contribution in [0.1, 0.15) is 18.5 Å². The van der Waals surface area contributed by atoms with Crippen LogP contribution in [0.5, 0.6) is 0 Å². The molecule has 0 spiro atoms. The average molecular weight is 249 g/mol. The van der Waals surface area contributed by atoms with Gasteiger partial charge in [-0.15, -0.1) is 0 Å². The Hall–Kier alpha value is -2.11. The van der Waals surface area contributed by atoms with Crippen LogP contribution in [0.15, 0.2) is 24.4 Å². The van der Waals surface area contributed by atoms with E-state index in [2.05, 4.69) is 10.3 Å². The molecule has 0 radical (unpaired) electrons. The number of nitrogens with zero attached hydrogens (tertiary/aromatic N) is 2. The van der Waals surface area contributed by atoms with Crippen LogP contribution >= 0.6 is 0 Å². The lowest BCUT2D eigenvalue weighted by molar-refractivity contribution is -0.137. The van der Waals surface area contributed by atoms with Crippen molar-refractivity contribution in [2.24, 2.45) is 0 Å². The molecule has 0 atom stereocenters. The van der Waals surface area contributed by atoms with Gasteiger partial charge < -0.3 is 15.3 Å². The van der Waals surface area contributed by atoms with E-state index < -0.39 is 5.97 Å². The summed E-state index contributed by atoms with van der Waals surface area (Å²) < 4.78 is 0. The predicted molar refractivity (Wildman–Crippen MR) is 63.8 cm³/mol. The summed E-state index contributed by atoms with van der Waals surface area (Å²) in [4.78, 5) is 28.0. The highest BCUT2D eigenvalue weighted by atomic mass is 16.4. The molecule has 18 heavy (non-hydrogen) atoms. The quantitative estimate of drug-likeness (QED) is 0.810. The van der Waals surface area contributed by atoms with E-state index in [1.165, 1.54) is 4.90 Å². The SMILES string of the molecule is O=C(O)CN(C(=O)NCc1ccccn1)C1CC1. The number of hydrogen-bond donors (Lipinski definition) is 2. The van der Waals surface area contributed by atoms with Gasteiger partial charge in [0.25, 0.3) is 0 Å². The summed E-state index contributed by atoms with van der Waals surface area (Å²) in [5.74, 6) is -0.991. The zero-order chi connectivity index (χ0) is 13.0. The second kappa shape index (κ2) is 5.48. The van der Waals surface area contributed by atoms with E-state index in [9.17, 15) is 9.59 Å². The molecule has 96 valence electrons. The maximum atomic E-state index is 11.9. The molecule has 0 aromatic carbocycles. The first-order chi connectivity index (χ1) is 8.66. The molecule has 1 aromatic rings. The van der Waals surface area contributed by atoms with Gasteiger partial charge in [-0.05, 0) is 25.0 Å². The van der Waals surface area contributed by atoms with Crippen molar-refractivity contribution in [3.63, 3.8) is 0 Å². The Morgan fingerprint density at radius 2 is 2.22 bits per heavy atom. The van der Waals surface area contributed by atoms with Gasteiger partial charge >= 0.3 is 12.0 Å². The van der Waals surface area contributed by atoms with Crippen LogP contribution in [0.4, 0.5) is 4.79 Å². The highest BCUT2D eigenvalue weighted by molar-refractivity contribution is 5.80. The van der Waals surface area contributed by atoms with Crippen LogP contribution < -0.4 is 5.32 Å². The van der Waals surface area contributed by atoms with Crippen LogP contribution in [0, 0.1) is 0 Å². The van der Waals surface area contributed by atoms with Crippen molar-refractivity contribution >= 4 is 12.0 Å². The zero-order valence-corrected chi connectivity index (χ0v) is 9.87. The van der Waals surface area contributed by atoms with Crippen LogP contribution in [-0.2, 0) is 11.3 Å². The first kappa shape index (κ1) is 12.3. The minimum Gasteiger partial charge on any atom is -0.480 e. The number of carboxylic acids is 1. The van der Waals surface area contributed by atoms with Crippen LogP contribution in [0.2, 0.25) is 0 Å². The van der Waals surface area contributed by atoms with E-state index in [-0.39, 0.29) is 18.6 Å². The van der Waals surface area contributed by atoms with Crippen LogP contribution in [-0.4, -0.2) is 39.6 Å². The van der Waals surface area contributed by atoms with E-state index >= 15 is 0 Å². The molecule has 6 heteroatoms. The van der Waals surface area contributed by atoms with Gasteiger partial charge in [-0.2, -0.15) is 0 Å². The number of urea groups is 1. The lowest BCUT2D eigenvalue weighted by atomic mass is 10.3. The number of hydrogen-bond acceptors (Lipinski definition) is 3. The van der Waals surface area contributed by atoms with Gasteiger partial charge in [-0.1, -0.05) is 6.07 Å². The third-order valence-electron chi connectivity index (χ3n) is 2.70. The van der Waals surface area contributed by atoms with Gasteiger partial charge in [-0.25, -0.2) is 4.79 Å². The molecule has 1 heterocycles. The summed E-state index contributed by atoms with van der Waals surface area (Å²) >= 11 is 0. The number of carbonyl (C=O) groups is 2. The molecule has 1 fully saturated rings. The smallest absolute Gasteiger partial charge is 0.323 e. The molecule has 6 nitrogen and oxygen atoms in total. The van der Waals surface area contributed by atoms with Crippen molar-refractivity contribution in [2.75, 3.05) is 6.54 Å². The van der Waals surface area contributed by atoms with Crippen molar-refractivity contribution in [3.05, 3.63) is 30.1 Å². The molecule has 2 N–H and O–H groups in total. The molecule has 0 unspecified atom stereocenters. The summed E-state index contributed by atoms with van der Waals surface area (Å²) in [6.45, 7) is 0.0568. The average Bonchev–Trinajstić information content (AvgIpc) is 3.18. The fourth-order valence-electron chi connectivity index (χ4n) is 1.67. The van der Waals surface area contributed by atoms with E-state index in [4.69, 9.17) is 5.11 Å². The minimum absolute atomic E-state index is 0.0739. The third kappa shape index (κ3) is 3.44. The first-order valence-electron chi connectivity index (χ1n) is 5.83. The molecule has 1 aliphatic carbocycles. The molecule has 2 rings (SSSR count). The van der Waals surface area contributed by atoms with Gasteiger partial charge in [0.1, 0.15) is 6.54 Å². The summed E-state index contributed by atoms with van der Waals surface area (Å²) in [5.41, 5.74) is 0.747. The Labute approximate surface area is 105 Å². The summed E-state index contributed by atoms with van der Waals surface area (Å²) in [6, 6.07) is 5.17. The molecule has 0 saturated heterocycles. The fourth-order valence-corrected chi connectivity index (χ4v) is 1.67. The van der Waals surface area contributed by atoms with Gasteiger partial charge in [0.2, 0.25) is 0 Å². The zero-order valence-electron chi connectivity index (χ0n) is 9.87. The van der Waals surface area contributed by atoms with Crippen molar-refractivity contribution in [2.45, 2.75) is 25.4 Å². The number of rotatable bonds is 5. The molecule has 1 saturated carbocycles. The number of pyridine rings is 1. The van der Waals surface area contributed by atoms with E-state index in [0.29, 0.717) is 6.54 Å². The number of carboxylic acid groups (broad SMARTS) is 1. The molecule has 1 aromatic heterocycles. The number of aliphatic carboxylic acids is 1. The Morgan fingerprint density at radius 3 is 2.78 bits per heavy atom. The minimum atomic E-state index is -0.991. The maximum Gasteiger partial charge on any atom is 0.323 e. The van der Waals surface area contributed by atoms with Gasteiger partial charge in [0.15, 0.2) is 0 Å². The van der Waals surface area contributed by atoms with Gasteiger partial charge in [0.05, 0.1) is 12.2 Å². The van der Waals surface area contributed by atoms with Crippen molar-refractivity contribution in [3.8, 4) is 0 Å². The molecule has 0 aliphatic heterocycles. The summed E-state index contributed by atoms with van der Waals surface area (Å²) in [7, 11) is 0. The molecule has 0 bridgehead atoms. The Balaban J connectivity index is 1.87. The molecular weight excluding hydrogens is 234 g/mol. The van der Waals surface area contributed by atoms with Crippen molar-refractivity contribution in [1.29, 1.82) is 0 Å². The normalized spacial score (nSPS) is 14.0. The lowest BCUT2D eigenvalue weighted by Gasteiger charge is -2.20. The first-order valence-corrected chi connectivity index (χ1v) is 5.83. The number of aromatic nitrogens is 1. The molecule has 1 aliphatic rings. The summed E-state index contributed by atoms with van der Waals surface area (Å²) in [6.07, 6.45) is 3.41. The maximum absolute atomic E-state index is 11.9. The highest BCUT2D eigenvalue weighted by Gasteiger charge is 2.33. The topological polar surface area (TPSA) is 82.5 Å². The number of nitrogens with one attached hydrogen (secondary N) is 1. The van der Waals surface area contributed by atoms with Crippen molar-refractivity contribution in [1.82, 2.24) is 15.2 Å². The second-order valence-corrected chi connectivity index (χ2v) is 4.23. The fraction of sp³-hybridized carbons (Fsp3) is 0.417. The van der Waals surface area contributed by atoms with Crippen LogP contribution in [0.25, 0.3) is 0 Å². The molecular formula is C12H15N3O3. The number of carbonyl (C=O) groups excluding carboxylic acids is 1. The molecule has 2 amide bonds. The Bertz CT molecular complexity index is 431. The number of amides is 2. The van der Waals surface area contributed by atoms with E-state index in [1.54, 1.807) is 18.3 Å². The van der Waals surface area contributed by atoms with Gasteiger partial charge in [0, 0.05) is 12.2 Å².